The van der Waals surface area contributed by atoms with Crippen molar-refractivity contribution in [2.24, 2.45) is 0 Å². The van der Waals surface area contributed by atoms with Crippen molar-refractivity contribution in [3.8, 4) is 0 Å². The summed E-state index contributed by atoms with van der Waals surface area (Å²) in [6.07, 6.45) is 0. The molecule has 1 aromatic heterocycles. The van der Waals surface area contributed by atoms with Crippen molar-refractivity contribution >= 4 is 10.9 Å². The Bertz CT molecular complexity index is 384. The minimum atomic E-state index is 0. The molecule has 1 nitrogen and oxygen atoms in total. The van der Waals surface area contributed by atoms with Crippen LogP contribution < -0.4 is 18.9 Å². The molecular formula is C10H8LiN. The molecule has 0 spiro atoms. The van der Waals surface area contributed by atoms with Gasteiger partial charge in [0, 0.05) is 5.69 Å². The van der Waals surface area contributed by atoms with Crippen LogP contribution in [-0.2, 0) is 0 Å². The molecule has 0 saturated carbocycles. The summed E-state index contributed by atoms with van der Waals surface area (Å²) < 4.78 is 0. The fraction of sp³-hybridized carbons (Fsp3) is 0.100. The maximum atomic E-state index is 4.32. The van der Waals surface area contributed by atoms with E-state index in [4.69, 9.17) is 0 Å². The Morgan fingerprint density at radius 2 is 2.08 bits per heavy atom. The normalized spacial score (nSPS) is 9.42. The SMILES string of the molecule is Cc1ccc2ccc[c-]c2n1.[Li+]. The molecule has 2 heteroatoms. The minimum absolute atomic E-state index is 0. The van der Waals surface area contributed by atoms with E-state index in [9.17, 15) is 0 Å². The molecule has 12 heavy (non-hydrogen) atoms. The van der Waals surface area contributed by atoms with E-state index in [-0.39, 0.29) is 18.9 Å². The molecule has 0 radical (unpaired) electrons. The Morgan fingerprint density at radius 3 is 2.92 bits per heavy atom. The second-order valence-corrected chi connectivity index (χ2v) is 2.56. The van der Waals surface area contributed by atoms with Crippen molar-refractivity contribution < 1.29 is 18.9 Å². The summed E-state index contributed by atoms with van der Waals surface area (Å²) in [5.41, 5.74) is 1.99. The number of benzene rings is 1. The largest absolute Gasteiger partial charge is 1.00 e. The van der Waals surface area contributed by atoms with E-state index in [0.717, 1.165) is 16.6 Å². The van der Waals surface area contributed by atoms with E-state index in [0.29, 0.717) is 0 Å². The Morgan fingerprint density at radius 1 is 1.25 bits per heavy atom. The molecule has 2 aromatic rings. The molecule has 0 amide bonds. The molecule has 0 aliphatic carbocycles. The first-order valence-corrected chi connectivity index (χ1v) is 3.60. The molecule has 1 aromatic carbocycles. The zero-order chi connectivity index (χ0) is 7.68. The van der Waals surface area contributed by atoms with Gasteiger partial charge in [-0.2, -0.15) is 24.3 Å². The van der Waals surface area contributed by atoms with E-state index in [1.54, 1.807) is 0 Å². The molecule has 0 bridgehead atoms. The molecule has 2 rings (SSSR count). The van der Waals surface area contributed by atoms with E-state index in [1.807, 2.05) is 31.2 Å². The van der Waals surface area contributed by atoms with Crippen LogP contribution in [0.25, 0.3) is 10.9 Å². The number of aromatic nitrogens is 1. The summed E-state index contributed by atoms with van der Waals surface area (Å²) in [5, 5.41) is 1.15. The van der Waals surface area contributed by atoms with Crippen molar-refractivity contribution in [3.63, 3.8) is 0 Å². The van der Waals surface area contributed by atoms with Gasteiger partial charge in [0.1, 0.15) is 0 Å². The second-order valence-electron chi connectivity index (χ2n) is 2.56. The van der Waals surface area contributed by atoms with Crippen LogP contribution in [0.5, 0.6) is 0 Å². The third-order valence-electron chi connectivity index (χ3n) is 1.66. The zero-order valence-electron chi connectivity index (χ0n) is 7.33. The average molecular weight is 149 g/mol. The quantitative estimate of drug-likeness (QED) is 0.358. The molecule has 0 unspecified atom stereocenters. The molecule has 0 aliphatic rings. The second kappa shape index (κ2) is 3.76. The first kappa shape index (κ1) is 9.32. The van der Waals surface area contributed by atoms with Gasteiger partial charge in [-0.1, -0.05) is 6.07 Å². The van der Waals surface area contributed by atoms with Gasteiger partial charge in [-0.25, -0.2) is 0 Å². The number of fused-ring (bicyclic) bond motifs is 1. The van der Waals surface area contributed by atoms with Gasteiger partial charge in [-0.05, 0) is 12.4 Å². The Labute approximate surface area is 84.0 Å². The van der Waals surface area contributed by atoms with Crippen molar-refractivity contribution in [2.75, 3.05) is 0 Å². The number of rotatable bonds is 0. The van der Waals surface area contributed by atoms with Gasteiger partial charge in [-0.3, -0.25) is 4.98 Å². The third-order valence-corrected chi connectivity index (χ3v) is 1.66. The van der Waals surface area contributed by atoms with Gasteiger partial charge in [0.15, 0.2) is 0 Å². The molecule has 0 saturated heterocycles. The standard InChI is InChI=1S/C10H8N.Li/c1-8-6-7-9-4-2-3-5-10(9)11-8;/h2-4,6-7H,1H3;/q-1;+1. The molecule has 0 atom stereocenters. The smallest absolute Gasteiger partial charge is 0.280 e. The summed E-state index contributed by atoms with van der Waals surface area (Å²) in [6, 6.07) is 13.0. The molecule has 54 valence electrons. The van der Waals surface area contributed by atoms with Crippen LogP contribution in [0.2, 0.25) is 0 Å². The van der Waals surface area contributed by atoms with E-state index >= 15 is 0 Å². The van der Waals surface area contributed by atoms with Crippen LogP contribution in [0.3, 0.4) is 0 Å². The van der Waals surface area contributed by atoms with E-state index < -0.39 is 0 Å². The molecule has 0 aliphatic heterocycles. The number of hydrogen-bond donors (Lipinski definition) is 0. The van der Waals surface area contributed by atoms with Gasteiger partial charge < -0.3 is 0 Å². The molecule has 1 heterocycles. The fourth-order valence-electron chi connectivity index (χ4n) is 1.10. The van der Waals surface area contributed by atoms with Crippen LogP contribution in [0.1, 0.15) is 5.69 Å². The number of aryl methyl sites for hydroxylation is 1. The number of para-hydroxylation sites is 1. The minimum Gasteiger partial charge on any atom is -0.280 e. The van der Waals surface area contributed by atoms with Crippen LogP contribution in [0, 0.1) is 13.0 Å². The summed E-state index contributed by atoms with van der Waals surface area (Å²) >= 11 is 0. The summed E-state index contributed by atoms with van der Waals surface area (Å²) in [5.74, 6) is 0. The van der Waals surface area contributed by atoms with Crippen molar-refractivity contribution in [1.82, 2.24) is 4.98 Å². The summed E-state index contributed by atoms with van der Waals surface area (Å²) in [6.45, 7) is 1.99. The van der Waals surface area contributed by atoms with Gasteiger partial charge in [0.2, 0.25) is 0 Å². The van der Waals surface area contributed by atoms with E-state index in [2.05, 4.69) is 17.1 Å². The first-order valence-electron chi connectivity index (χ1n) is 3.60. The number of nitrogens with zero attached hydrogens (tertiary/aromatic N) is 1. The predicted molar refractivity (Wildman–Crippen MR) is 45.3 cm³/mol. The van der Waals surface area contributed by atoms with Crippen molar-refractivity contribution in [2.45, 2.75) is 6.92 Å². The first-order chi connectivity index (χ1) is 5.36. The molecule has 0 fully saturated rings. The fourth-order valence-corrected chi connectivity index (χ4v) is 1.10. The summed E-state index contributed by atoms with van der Waals surface area (Å²) in [7, 11) is 0. The Kier molecular flexibility index (Phi) is 2.92. The van der Waals surface area contributed by atoms with Crippen LogP contribution in [0.15, 0.2) is 30.3 Å². The number of hydrogen-bond acceptors (Lipinski definition) is 1. The topological polar surface area (TPSA) is 12.9 Å². The number of pyridine rings is 1. The Hall–Kier alpha value is -0.773. The molecular weight excluding hydrogens is 141 g/mol. The summed E-state index contributed by atoms with van der Waals surface area (Å²) in [4.78, 5) is 4.32. The van der Waals surface area contributed by atoms with Crippen LogP contribution >= 0.6 is 0 Å². The predicted octanol–water partition coefficient (Wildman–Crippen LogP) is -0.653. The van der Waals surface area contributed by atoms with Gasteiger partial charge >= 0.3 is 18.9 Å². The maximum absolute atomic E-state index is 4.32. The maximum Gasteiger partial charge on any atom is 1.00 e. The monoisotopic (exact) mass is 149 g/mol. The van der Waals surface area contributed by atoms with Crippen LogP contribution in [0.4, 0.5) is 0 Å². The van der Waals surface area contributed by atoms with Crippen molar-refractivity contribution in [3.05, 3.63) is 42.1 Å². The van der Waals surface area contributed by atoms with Gasteiger partial charge in [0.05, 0.1) is 0 Å². The van der Waals surface area contributed by atoms with Crippen molar-refractivity contribution in [1.29, 1.82) is 0 Å². The van der Waals surface area contributed by atoms with Gasteiger partial charge in [0.25, 0.3) is 0 Å². The molecule has 0 N–H and O–H groups in total. The Balaban J connectivity index is 0.000000720. The zero-order valence-corrected chi connectivity index (χ0v) is 7.33. The van der Waals surface area contributed by atoms with E-state index in [1.165, 1.54) is 0 Å². The average Bonchev–Trinajstić information content (AvgIpc) is 2.04. The third kappa shape index (κ3) is 1.69. The van der Waals surface area contributed by atoms with Gasteiger partial charge in [-0.15, -0.1) is 11.5 Å². The van der Waals surface area contributed by atoms with Crippen LogP contribution in [-0.4, -0.2) is 4.98 Å².